The van der Waals surface area contributed by atoms with Gasteiger partial charge in [0.1, 0.15) is 0 Å². The first-order valence-electron chi connectivity index (χ1n) is 9.38. The van der Waals surface area contributed by atoms with Gasteiger partial charge in [0.25, 0.3) is 0 Å². The van der Waals surface area contributed by atoms with E-state index in [1.165, 1.54) is 16.7 Å². The van der Waals surface area contributed by atoms with Crippen LogP contribution in [0.25, 0.3) is 0 Å². The van der Waals surface area contributed by atoms with Gasteiger partial charge in [0.05, 0.1) is 6.54 Å². The van der Waals surface area contributed by atoms with Gasteiger partial charge in [0.2, 0.25) is 5.91 Å². The van der Waals surface area contributed by atoms with Crippen LogP contribution in [0.3, 0.4) is 0 Å². The van der Waals surface area contributed by atoms with Gasteiger partial charge < -0.3 is 4.90 Å². The number of hydrogen-bond donors (Lipinski definition) is 0. The van der Waals surface area contributed by atoms with Gasteiger partial charge in [-0.15, -0.1) is 0 Å². The molecule has 0 aliphatic carbocycles. The Hall–Kier alpha value is -2.17. The zero-order chi connectivity index (χ0) is 18.4. The van der Waals surface area contributed by atoms with Crippen LogP contribution in [0.2, 0.25) is 0 Å². The van der Waals surface area contributed by atoms with E-state index in [-0.39, 0.29) is 5.91 Å². The van der Waals surface area contributed by atoms with Crippen LogP contribution < -0.4 is 0 Å². The molecule has 0 bridgehead atoms. The molecule has 26 heavy (non-hydrogen) atoms. The van der Waals surface area contributed by atoms with Gasteiger partial charge in [-0.25, -0.2) is 0 Å². The van der Waals surface area contributed by atoms with Gasteiger partial charge in [-0.2, -0.15) is 0 Å². The summed E-state index contributed by atoms with van der Waals surface area (Å²) in [7, 11) is 2.01. The molecule has 2 aromatic rings. The Kier molecular flexibility index (Phi) is 6.42. The number of piperazine rings is 1. The summed E-state index contributed by atoms with van der Waals surface area (Å²) in [4.78, 5) is 19.1. The summed E-state index contributed by atoms with van der Waals surface area (Å²) < 4.78 is 0. The Balaban J connectivity index is 1.43. The first-order valence-corrected chi connectivity index (χ1v) is 9.38. The van der Waals surface area contributed by atoms with Crippen LogP contribution in [-0.2, 0) is 17.9 Å². The number of rotatable bonds is 6. The molecule has 4 heteroatoms. The number of likely N-dealkylation sites (N-methyl/N-ethyl adjacent to an activating group) is 1. The van der Waals surface area contributed by atoms with Gasteiger partial charge in [0.15, 0.2) is 0 Å². The second kappa shape index (κ2) is 8.97. The second-order valence-corrected chi connectivity index (χ2v) is 7.30. The van der Waals surface area contributed by atoms with Crippen molar-refractivity contribution >= 4 is 5.91 Å². The van der Waals surface area contributed by atoms with Gasteiger partial charge >= 0.3 is 0 Å². The molecule has 1 fully saturated rings. The molecule has 1 saturated heterocycles. The normalized spacial score (nSPS) is 15.4. The topological polar surface area (TPSA) is 26.8 Å². The van der Waals surface area contributed by atoms with Crippen molar-refractivity contribution in [2.45, 2.75) is 20.0 Å². The minimum absolute atomic E-state index is 0.235. The number of aryl methyl sites for hydroxylation is 1. The molecule has 3 rings (SSSR count). The number of nitrogens with zero attached hydrogens (tertiary/aromatic N) is 3. The summed E-state index contributed by atoms with van der Waals surface area (Å²) >= 11 is 0. The predicted molar refractivity (Wildman–Crippen MR) is 106 cm³/mol. The molecule has 0 N–H and O–H groups in total. The molecule has 0 atom stereocenters. The molecule has 0 radical (unpaired) electrons. The maximum Gasteiger partial charge on any atom is 0.236 e. The lowest BCUT2D eigenvalue weighted by molar-refractivity contribution is -0.134. The highest BCUT2D eigenvalue weighted by atomic mass is 16.2. The van der Waals surface area contributed by atoms with Crippen molar-refractivity contribution in [2.75, 3.05) is 39.8 Å². The third-order valence-corrected chi connectivity index (χ3v) is 4.91. The molecule has 1 aliphatic rings. The van der Waals surface area contributed by atoms with E-state index < -0.39 is 0 Å². The van der Waals surface area contributed by atoms with Crippen molar-refractivity contribution in [3.05, 3.63) is 71.3 Å². The lowest BCUT2D eigenvalue weighted by Gasteiger charge is -2.35. The lowest BCUT2D eigenvalue weighted by Crippen LogP contribution is -2.50. The summed E-state index contributed by atoms with van der Waals surface area (Å²) in [6, 6.07) is 19.0. The third kappa shape index (κ3) is 5.41. The van der Waals surface area contributed by atoms with Crippen molar-refractivity contribution < 1.29 is 4.79 Å². The summed E-state index contributed by atoms with van der Waals surface area (Å²) in [5.41, 5.74) is 3.90. The number of hydrogen-bond acceptors (Lipinski definition) is 3. The second-order valence-electron chi connectivity index (χ2n) is 7.30. The predicted octanol–water partition coefficient (Wildman–Crippen LogP) is 2.77. The Morgan fingerprint density at radius 1 is 0.962 bits per heavy atom. The van der Waals surface area contributed by atoms with Gasteiger partial charge in [0, 0.05) is 39.3 Å². The average molecular weight is 351 g/mol. The fraction of sp³-hybridized carbons (Fsp3) is 0.409. The van der Waals surface area contributed by atoms with E-state index in [0.717, 1.165) is 39.3 Å². The summed E-state index contributed by atoms with van der Waals surface area (Å²) in [5.74, 6) is 0.235. The summed E-state index contributed by atoms with van der Waals surface area (Å²) in [5, 5.41) is 0. The summed E-state index contributed by atoms with van der Waals surface area (Å²) in [6.45, 7) is 7.92. The maximum atomic E-state index is 12.6. The average Bonchev–Trinajstić information content (AvgIpc) is 2.63. The Morgan fingerprint density at radius 2 is 1.65 bits per heavy atom. The highest BCUT2D eigenvalue weighted by molar-refractivity contribution is 5.78. The van der Waals surface area contributed by atoms with Crippen molar-refractivity contribution in [3.63, 3.8) is 0 Å². The van der Waals surface area contributed by atoms with E-state index in [1.807, 2.05) is 30.1 Å². The van der Waals surface area contributed by atoms with Gasteiger partial charge in [-0.3, -0.25) is 14.6 Å². The van der Waals surface area contributed by atoms with Crippen molar-refractivity contribution in [1.29, 1.82) is 0 Å². The summed E-state index contributed by atoms with van der Waals surface area (Å²) in [6.07, 6.45) is 0. The number of benzene rings is 2. The van der Waals surface area contributed by atoms with Crippen molar-refractivity contribution in [2.24, 2.45) is 0 Å². The van der Waals surface area contributed by atoms with Crippen LogP contribution in [0.1, 0.15) is 16.7 Å². The largest absolute Gasteiger partial charge is 0.339 e. The van der Waals surface area contributed by atoms with Gasteiger partial charge in [-0.1, -0.05) is 60.2 Å². The molecular formula is C22H29N3O. The standard InChI is InChI=1S/C22H29N3O/c1-19-7-6-10-21(15-19)17-24-11-13-25(14-12-24)22(26)18-23(2)16-20-8-4-3-5-9-20/h3-10,15H,11-14,16-18H2,1-2H3. The molecule has 1 amide bonds. The zero-order valence-electron chi connectivity index (χ0n) is 15.9. The van der Waals surface area contributed by atoms with Crippen LogP contribution >= 0.6 is 0 Å². The van der Waals surface area contributed by atoms with E-state index in [2.05, 4.69) is 53.1 Å². The fourth-order valence-corrected chi connectivity index (χ4v) is 3.51. The SMILES string of the molecule is Cc1cccc(CN2CCN(C(=O)CN(C)Cc3ccccc3)CC2)c1. The smallest absolute Gasteiger partial charge is 0.236 e. The minimum atomic E-state index is 0.235. The molecule has 0 saturated carbocycles. The van der Waals surface area contributed by atoms with E-state index in [4.69, 9.17) is 0 Å². The van der Waals surface area contributed by atoms with Crippen LogP contribution in [-0.4, -0.2) is 60.4 Å². The molecule has 1 aliphatic heterocycles. The molecule has 138 valence electrons. The molecule has 0 aromatic heterocycles. The minimum Gasteiger partial charge on any atom is -0.339 e. The zero-order valence-corrected chi connectivity index (χ0v) is 15.9. The first kappa shape index (κ1) is 18.6. The van der Waals surface area contributed by atoms with E-state index in [1.54, 1.807) is 0 Å². The quantitative estimate of drug-likeness (QED) is 0.801. The van der Waals surface area contributed by atoms with E-state index >= 15 is 0 Å². The molecular weight excluding hydrogens is 322 g/mol. The number of amides is 1. The Labute approximate surface area is 157 Å². The van der Waals surface area contributed by atoms with E-state index in [9.17, 15) is 4.79 Å². The lowest BCUT2D eigenvalue weighted by atomic mass is 10.1. The van der Waals surface area contributed by atoms with Crippen LogP contribution in [0.5, 0.6) is 0 Å². The van der Waals surface area contributed by atoms with Crippen LogP contribution in [0.4, 0.5) is 0 Å². The molecule has 1 heterocycles. The Bertz CT molecular complexity index is 708. The van der Waals surface area contributed by atoms with Crippen LogP contribution in [0.15, 0.2) is 54.6 Å². The van der Waals surface area contributed by atoms with Crippen molar-refractivity contribution in [3.8, 4) is 0 Å². The fourth-order valence-electron chi connectivity index (χ4n) is 3.51. The highest BCUT2D eigenvalue weighted by Crippen LogP contribution is 2.11. The van der Waals surface area contributed by atoms with E-state index in [0.29, 0.717) is 6.54 Å². The Morgan fingerprint density at radius 3 is 2.35 bits per heavy atom. The molecule has 2 aromatic carbocycles. The number of carbonyl (C=O) groups excluding carboxylic acids is 1. The van der Waals surface area contributed by atoms with Crippen LogP contribution in [0, 0.1) is 6.92 Å². The monoisotopic (exact) mass is 351 g/mol. The first-order chi connectivity index (χ1) is 12.6. The third-order valence-electron chi connectivity index (χ3n) is 4.91. The number of carbonyl (C=O) groups is 1. The van der Waals surface area contributed by atoms with Crippen molar-refractivity contribution in [1.82, 2.24) is 14.7 Å². The maximum absolute atomic E-state index is 12.6. The molecule has 0 unspecified atom stereocenters. The molecule has 0 spiro atoms. The molecule has 4 nitrogen and oxygen atoms in total. The van der Waals surface area contributed by atoms with Gasteiger partial charge in [-0.05, 0) is 25.1 Å². The highest BCUT2D eigenvalue weighted by Gasteiger charge is 2.21.